The zero-order valence-corrected chi connectivity index (χ0v) is 38.2. The van der Waals surface area contributed by atoms with Crippen LogP contribution < -0.4 is 9.47 Å². The van der Waals surface area contributed by atoms with Crippen LogP contribution >= 0.6 is 0 Å². The maximum absolute atomic E-state index is 6.08. The van der Waals surface area contributed by atoms with Gasteiger partial charge in [0, 0.05) is 12.4 Å². The average Bonchev–Trinajstić information content (AvgIpc) is 3.60. The molecule has 0 radical (unpaired) electrons. The first-order chi connectivity index (χ1) is 28.5. The first-order valence-corrected chi connectivity index (χ1v) is 23.4. The summed E-state index contributed by atoms with van der Waals surface area (Å²) in [5, 5.41) is 0. The monoisotopic (exact) mass is 797 g/mol. The number of rotatable bonds is 24. The molecule has 59 heavy (non-hydrogen) atoms. The van der Waals surface area contributed by atoms with E-state index >= 15 is 0 Å². The van der Waals surface area contributed by atoms with Gasteiger partial charge in [0.1, 0.15) is 11.5 Å². The molecule has 0 amide bonds. The Morgan fingerprint density at radius 2 is 0.797 bits per heavy atom. The third kappa shape index (κ3) is 14.5. The number of fused-ring (bicyclic) bond motifs is 3. The highest BCUT2D eigenvalue weighted by Gasteiger charge is 2.28. The third-order valence-corrected chi connectivity index (χ3v) is 11.9. The zero-order valence-electron chi connectivity index (χ0n) is 38.2. The molecule has 0 fully saturated rings. The summed E-state index contributed by atoms with van der Waals surface area (Å²) in [5.41, 5.74) is 12.1. The summed E-state index contributed by atoms with van der Waals surface area (Å²) in [4.78, 5) is 10.0. The minimum absolute atomic E-state index is 0.00982. The lowest BCUT2D eigenvalue weighted by atomic mass is 9.82. The fourth-order valence-corrected chi connectivity index (χ4v) is 7.93. The summed E-state index contributed by atoms with van der Waals surface area (Å²) in [7, 11) is 0. The summed E-state index contributed by atoms with van der Waals surface area (Å²) in [6.07, 6.45) is 25.8. The average molecular weight is 797 g/mol. The molecule has 0 saturated heterocycles. The van der Waals surface area contributed by atoms with E-state index in [1.807, 2.05) is 0 Å². The topological polar surface area (TPSA) is 43.2 Å². The quantitative estimate of drug-likeness (QED) is 0.0461. The Morgan fingerprint density at radius 1 is 0.458 bits per heavy atom. The lowest BCUT2D eigenvalue weighted by Gasteiger charge is -2.23. The van der Waals surface area contributed by atoms with E-state index in [4.69, 9.17) is 19.5 Å². The lowest BCUT2D eigenvalue weighted by molar-refractivity contribution is 0.304. The van der Waals surface area contributed by atoms with Crippen LogP contribution in [0.2, 0.25) is 0 Å². The van der Waals surface area contributed by atoms with Crippen LogP contribution in [0.5, 0.6) is 11.5 Å². The molecule has 4 heteroatoms. The number of nitrogens with zero attached hydrogens (tertiary/aromatic N) is 2. The molecule has 0 aromatic heterocycles. The van der Waals surface area contributed by atoms with Crippen molar-refractivity contribution in [2.75, 3.05) is 13.2 Å². The van der Waals surface area contributed by atoms with Gasteiger partial charge in [-0.2, -0.15) is 0 Å². The van der Waals surface area contributed by atoms with Crippen molar-refractivity contribution in [3.8, 4) is 22.6 Å². The number of hydrogen-bond acceptors (Lipinski definition) is 4. The Labute approximate surface area is 359 Å². The van der Waals surface area contributed by atoms with E-state index < -0.39 is 0 Å². The largest absolute Gasteiger partial charge is 0.494 e. The van der Waals surface area contributed by atoms with Gasteiger partial charge in [0.2, 0.25) is 0 Å². The molecule has 318 valence electrons. The summed E-state index contributed by atoms with van der Waals surface area (Å²) in [6.45, 7) is 19.9. The smallest absolute Gasteiger partial charge is 0.119 e. The molecule has 0 N–H and O–H groups in total. The highest BCUT2D eigenvalue weighted by atomic mass is 16.5. The van der Waals surface area contributed by atoms with Gasteiger partial charge in [0.25, 0.3) is 0 Å². The van der Waals surface area contributed by atoms with Crippen molar-refractivity contribution in [1.82, 2.24) is 0 Å². The minimum Gasteiger partial charge on any atom is -0.494 e. The molecule has 1 aliphatic carbocycles. The van der Waals surface area contributed by atoms with Gasteiger partial charge in [-0.3, -0.25) is 9.98 Å². The van der Waals surface area contributed by atoms with Crippen molar-refractivity contribution < 1.29 is 9.47 Å². The van der Waals surface area contributed by atoms with Gasteiger partial charge in [-0.15, -0.1) is 0 Å². The van der Waals surface area contributed by atoms with Crippen molar-refractivity contribution >= 4 is 23.8 Å². The number of hydrogen-bond donors (Lipinski definition) is 0. The zero-order chi connectivity index (χ0) is 42.1. The summed E-state index contributed by atoms with van der Waals surface area (Å²) in [5.74, 6) is 1.83. The van der Waals surface area contributed by atoms with Crippen molar-refractivity contribution in [1.29, 1.82) is 0 Å². The van der Waals surface area contributed by atoms with Gasteiger partial charge >= 0.3 is 0 Å². The van der Waals surface area contributed by atoms with Crippen LogP contribution in [-0.2, 0) is 17.3 Å². The molecule has 0 atom stereocenters. The molecule has 0 unspecified atom stereocenters. The fourth-order valence-electron chi connectivity index (χ4n) is 7.93. The molecule has 1 aliphatic rings. The Kier molecular flexibility index (Phi) is 17.9. The molecule has 0 spiro atoms. The van der Waals surface area contributed by atoms with Crippen LogP contribution in [0.15, 0.2) is 82.8 Å². The predicted octanol–water partition coefficient (Wildman–Crippen LogP) is 16.4. The molecule has 5 rings (SSSR count). The Bertz CT molecular complexity index is 1780. The molecular formula is C55H76N2O2. The fraction of sp³-hybridized carbons (Fsp3) is 0.527. The first-order valence-electron chi connectivity index (χ1n) is 23.4. The van der Waals surface area contributed by atoms with Crippen LogP contribution in [0.3, 0.4) is 0 Å². The van der Waals surface area contributed by atoms with Crippen molar-refractivity contribution in [2.45, 2.75) is 175 Å². The van der Waals surface area contributed by atoms with E-state index in [9.17, 15) is 0 Å². The molecule has 0 aliphatic heterocycles. The van der Waals surface area contributed by atoms with Gasteiger partial charge in [0.15, 0.2) is 0 Å². The van der Waals surface area contributed by atoms with Crippen LogP contribution in [-0.4, -0.2) is 25.6 Å². The molecular weight excluding hydrogens is 721 g/mol. The second kappa shape index (κ2) is 23.0. The van der Waals surface area contributed by atoms with Crippen molar-refractivity contribution in [3.63, 3.8) is 0 Å². The molecule has 0 heterocycles. The Hall–Kier alpha value is -4.18. The third-order valence-electron chi connectivity index (χ3n) is 11.9. The van der Waals surface area contributed by atoms with Crippen LogP contribution in [0.4, 0.5) is 11.4 Å². The molecule has 0 bridgehead atoms. The van der Waals surface area contributed by atoms with E-state index in [1.165, 1.54) is 134 Å². The summed E-state index contributed by atoms with van der Waals surface area (Å²) in [6, 6.07) is 26.1. The van der Waals surface area contributed by atoms with Crippen molar-refractivity contribution in [2.24, 2.45) is 9.98 Å². The van der Waals surface area contributed by atoms with E-state index in [0.29, 0.717) is 0 Å². The van der Waals surface area contributed by atoms with Crippen molar-refractivity contribution in [3.05, 3.63) is 106 Å². The minimum atomic E-state index is -0.00982. The van der Waals surface area contributed by atoms with Gasteiger partial charge in [0.05, 0.1) is 24.6 Å². The standard InChI is InChI=1S/C55H76N2O2/c1-9-11-13-15-17-19-21-23-33-58-48-29-25-46(26-30-48)56-40-42-35-44(54(3,4)5)37-52-50(42)39-51-43(36-45(38-53(51)52)55(6,7)8)41-57-47-27-31-49(32-28-47)59-34-24-22-20-18-16-14-12-10-2/h25-32,35-38,40-41H,9-24,33-34,39H2,1-8H3. The Balaban J connectivity index is 1.27. The first kappa shape index (κ1) is 45.9. The maximum Gasteiger partial charge on any atom is 0.119 e. The van der Waals surface area contributed by atoms with Crippen LogP contribution in [0, 0.1) is 0 Å². The van der Waals surface area contributed by atoms with Gasteiger partial charge in [-0.25, -0.2) is 0 Å². The highest BCUT2D eigenvalue weighted by Crippen LogP contribution is 2.44. The number of aliphatic imine (C=N–C) groups is 2. The molecule has 0 saturated carbocycles. The maximum atomic E-state index is 6.08. The van der Waals surface area contributed by atoms with E-state index in [1.54, 1.807) is 0 Å². The van der Waals surface area contributed by atoms with E-state index in [-0.39, 0.29) is 10.8 Å². The van der Waals surface area contributed by atoms with Crippen LogP contribution in [0.1, 0.15) is 192 Å². The molecule has 4 aromatic rings. The number of benzene rings is 4. The number of ether oxygens (including phenoxy) is 2. The van der Waals surface area contributed by atoms with Crippen LogP contribution in [0.25, 0.3) is 11.1 Å². The normalized spacial score (nSPS) is 12.7. The lowest BCUT2D eigenvalue weighted by Crippen LogP contribution is -2.13. The van der Waals surface area contributed by atoms with Gasteiger partial charge in [-0.05, 0) is 135 Å². The molecule has 4 aromatic carbocycles. The predicted molar refractivity (Wildman–Crippen MR) is 256 cm³/mol. The highest BCUT2D eigenvalue weighted by molar-refractivity contribution is 5.95. The van der Waals surface area contributed by atoms with E-state index in [2.05, 4.69) is 141 Å². The SMILES string of the molecule is CCCCCCCCCCOc1ccc(N=Cc2cc(C(C)(C)C)cc3c2Cc2c(C=Nc4ccc(OCCCCCCCCCC)cc4)cc(C(C)(C)C)cc2-3)cc1. The molecule has 4 nitrogen and oxygen atoms in total. The number of unbranched alkanes of at least 4 members (excludes halogenated alkanes) is 14. The second-order valence-electron chi connectivity index (χ2n) is 19.0. The Morgan fingerprint density at radius 3 is 1.14 bits per heavy atom. The second-order valence-corrected chi connectivity index (χ2v) is 19.0. The summed E-state index contributed by atoms with van der Waals surface area (Å²) < 4.78 is 12.2. The summed E-state index contributed by atoms with van der Waals surface area (Å²) >= 11 is 0. The van der Waals surface area contributed by atoms with E-state index in [0.717, 1.165) is 55.4 Å². The van der Waals surface area contributed by atoms with Gasteiger partial charge in [-0.1, -0.05) is 157 Å². The van der Waals surface area contributed by atoms with Gasteiger partial charge < -0.3 is 9.47 Å².